The number of hydrogen-bond acceptors (Lipinski definition) is 4. The monoisotopic (exact) mass is 392 g/mol. The maximum absolute atomic E-state index is 12.7. The number of carbonyl (C=O) groups excluding carboxylic acids is 3. The molecule has 1 aliphatic carbocycles. The average Bonchev–Trinajstić information content (AvgIpc) is 3.51. The first-order valence-corrected chi connectivity index (χ1v) is 9.92. The van der Waals surface area contributed by atoms with Gasteiger partial charge in [0.05, 0.1) is 0 Å². The number of carbonyl (C=O) groups is 3. The van der Waals surface area contributed by atoms with Gasteiger partial charge in [-0.05, 0) is 43.9 Å². The lowest BCUT2D eigenvalue weighted by Gasteiger charge is -2.17. The number of rotatable bonds is 6. The third-order valence-electron chi connectivity index (χ3n) is 5.32. The minimum atomic E-state index is -0.536. The fourth-order valence-corrected chi connectivity index (χ4v) is 3.40. The fourth-order valence-electron chi connectivity index (χ4n) is 3.40. The maximum Gasteiger partial charge on any atom is 0.252 e. The second-order valence-electron chi connectivity index (χ2n) is 7.75. The van der Waals surface area contributed by atoms with Gasteiger partial charge in [0.2, 0.25) is 11.8 Å². The molecule has 150 valence electrons. The van der Waals surface area contributed by atoms with Crippen molar-refractivity contribution in [2.45, 2.75) is 38.8 Å². The van der Waals surface area contributed by atoms with E-state index in [0.29, 0.717) is 30.9 Å². The topological polar surface area (TPSA) is 91.4 Å². The van der Waals surface area contributed by atoms with Crippen molar-refractivity contribution in [3.8, 4) is 0 Å². The molecule has 7 nitrogen and oxygen atoms in total. The van der Waals surface area contributed by atoms with Gasteiger partial charge in [0, 0.05) is 30.8 Å². The SMILES string of the molecule is Cc1ccc(CN2CCC(NC(=O)c3ccnc(NC(=O)C4CC4)c3)C2=O)cc1. The van der Waals surface area contributed by atoms with E-state index < -0.39 is 6.04 Å². The third-order valence-corrected chi connectivity index (χ3v) is 5.32. The molecular formula is C22H24N4O3. The van der Waals surface area contributed by atoms with E-state index in [1.165, 1.54) is 11.8 Å². The highest BCUT2D eigenvalue weighted by Crippen LogP contribution is 2.30. The Bertz CT molecular complexity index is 937. The van der Waals surface area contributed by atoms with E-state index in [1.54, 1.807) is 17.0 Å². The van der Waals surface area contributed by atoms with Gasteiger partial charge in [0.25, 0.3) is 5.91 Å². The largest absolute Gasteiger partial charge is 0.340 e. The number of hydrogen-bond donors (Lipinski definition) is 2. The first-order chi connectivity index (χ1) is 14.0. The molecule has 4 rings (SSSR count). The molecule has 2 heterocycles. The summed E-state index contributed by atoms with van der Waals surface area (Å²) in [5, 5.41) is 5.55. The zero-order valence-corrected chi connectivity index (χ0v) is 16.4. The molecule has 0 bridgehead atoms. The van der Waals surface area contributed by atoms with Crippen LogP contribution in [0.1, 0.15) is 40.7 Å². The number of pyridine rings is 1. The van der Waals surface area contributed by atoms with E-state index in [2.05, 4.69) is 15.6 Å². The van der Waals surface area contributed by atoms with Crippen LogP contribution in [-0.4, -0.2) is 40.2 Å². The molecule has 1 saturated heterocycles. The lowest BCUT2D eigenvalue weighted by atomic mass is 10.1. The van der Waals surface area contributed by atoms with Gasteiger partial charge in [0.15, 0.2) is 0 Å². The molecule has 2 aliphatic rings. The number of aryl methyl sites for hydroxylation is 1. The second kappa shape index (κ2) is 8.03. The molecule has 3 amide bonds. The van der Waals surface area contributed by atoms with Gasteiger partial charge in [-0.3, -0.25) is 14.4 Å². The van der Waals surface area contributed by atoms with E-state index in [-0.39, 0.29) is 23.6 Å². The summed E-state index contributed by atoms with van der Waals surface area (Å²) in [6, 6.07) is 10.7. The Morgan fingerprint density at radius 2 is 1.90 bits per heavy atom. The number of anilines is 1. The van der Waals surface area contributed by atoms with Crippen LogP contribution in [0.2, 0.25) is 0 Å². The molecule has 2 aromatic rings. The number of benzene rings is 1. The first kappa shape index (κ1) is 19.1. The van der Waals surface area contributed by atoms with E-state index in [0.717, 1.165) is 18.4 Å². The molecule has 1 aromatic carbocycles. The molecule has 0 spiro atoms. The molecule has 1 atom stereocenters. The van der Waals surface area contributed by atoms with Crippen molar-refractivity contribution < 1.29 is 14.4 Å². The molecule has 1 aliphatic heterocycles. The van der Waals surface area contributed by atoms with Gasteiger partial charge in [-0.2, -0.15) is 0 Å². The number of aromatic nitrogens is 1. The summed E-state index contributed by atoms with van der Waals surface area (Å²) in [4.78, 5) is 43.0. The summed E-state index contributed by atoms with van der Waals surface area (Å²) in [5.41, 5.74) is 2.62. The summed E-state index contributed by atoms with van der Waals surface area (Å²) in [5.74, 6) is -0.0638. The van der Waals surface area contributed by atoms with Crippen molar-refractivity contribution >= 4 is 23.5 Å². The van der Waals surface area contributed by atoms with Crippen LogP contribution in [0.5, 0.6) is 0 Å². The lowest BCUT2D eigenvalue weighted by Crippen LogP contribution is -2.41. The van der Waals surface area contributed by atoms with Crippen molar-refractivity contribution in [3.05, 3.63) is 59.3 Å². The van der Waals surface area contributed by atoms with Gasteiger partial charge in [-0.25, -0.2) is 4.98 Å². The van der Waals surface area contributed by atoms with Gasteiger partial charge >= 0.3 is 0 Å². The highest BCUT2D eigenvalue weighted by atomic mass is 16.2. The van der Waals surface area contributed by atoms with Crippen LogP contribution in [0.15, 0.2) is 42.6 Å². The smallest absolute Gasteiger partial charge is 0.252 e. The van der Waals surface area contributed by atoms with Gasteiger partial charge < -0.3 is 15.5 Å². The van der Waals surface area contributed by atoms with Crippen molar-refractivity contribution in [1.82, 2.24) is 15.2 Å². The van der Waals surface area contributed by atoms with E-state index in [4.69, 9.17) is 0 Å². The predicted octanol–water partition coefficient (Wildman–Crippen LogP) is 2.27. The van der Waals surface area contributed by atoms with Crippen molar-refractivity contribution in [2.24, 2.45) is 5.92 Å². The molecular weight excluding hydrogens is 368 g/mol. The summed E-state index contributed by atoms with van der Waals surface area (Å²) in [6.45, 7) is 3.17. The molecule has 2 fully saturated rings. The zero-order valence-electron chi connectivity index (χ0n) is 16.4. The molecule has 7 heteroatoms. The highest BCUT2D eigenvalue weighted by Gasteiger charge is 2.33. The number of amides is 3. The maximum atomic E-state index is 12.7. The fraction of sp³-hybridized carbons (Fsp3) is 0.364. The van der Waals surface area contributed by atoms with Gasteiger partial charge in [-0.15, -0.1) is 0 Å². The van der Waals surface area contributed by atoms with Crippen LogP contribution < -0.4 is 10.6 Å². The number of likely N-dealkylation sites (tertiary alicyclic amines) is 1. The standard InChI is InChI=1S/C22H24N4O3/c1-14-2-4-15(5-3-14)13-26-11-9-18(22(26)29)24-21(28)17-8-10-23-19(12-17)25-20(27)16-6-7-16/h2-5,8,10,12,16,18H,6-7,9,11,13H2,1H3,(H,24,28)(H,23,25,27). The summed E-state index contributed by atoms with van der Waals surface area (Å²) >= 11 is 0. The van der Waals surface area contributed by atoms with E-state index in [9.17, 15) is 14.4 Å². The van der Waals surface area contributed by atoms with Crippen molar-refractivity contribution in [2.75, 3.05) is 11.9 Å². The van der Waals surface area contributed by atoms with Crippen LogP contribution in [0.4, 0.5) is 5.82 Å². The number of nitrogens with one attached hydrogen (secondary N) is 2. The van der Waals surface area contributed by atoms with Crippen molar-refractivity contribution in [1.29, 1.82) is 0 Å². The molecule has 1 aromatic heterocycles. The summed E-state index contributed by atoms with van der Waals surface area (Å²) in [6.07, 6.45) is 3.86. The van der Waals surface area contributed by atoms with Crippen LogP contribution >= 0.6 is 0 Å². The molecule has 1 saturated carbocycles. The zero-order chi connectivity index (χ0) is 20.4. The highest BCUT2D eigenvalue weighted by molar-refractivity contribution is 5.99. The number of nitrogens with zero attached hydrogens (tertiary/aromatic N) is 2. The lowest BCUT2D eigenvalue weighted by molar-refractivity contribution is -0.129. The Morgan fingerprint density at radius 1 is 1.14 bits per heavy atom. The summed E-state index contributed by atoms with van der Waals surface area (Å²) in [7, 11) is 0. The summed E-state index contributed by atoms with van der Waals surface area (Å²) < 4.78 is 0. The van der Waals surface area contributed by atoms with Gasteiger partial charge in [0.1, 0.15) is 11.9 Å². The third kappa shape index (κ3) is 4.62. The Labute approximate surface area is 169 Å². The quantitative estimate of drug-likeness (QED) is 0.789. The van der Waals surface area contributed by atoms with Crippen LogP contribution in [0, 0.1) is 12.8 Å². The first-order valence-electron chi connectivity index (χ1n) is 9.92. The van der Waals surface area contributed by atoms with Crippen molar-refractivity contribution in [3.63, 3.8) is 0 Å². The normalized spacial score (nSPS) is 18.6. The molecule has 2 N–H and O–H groups in total. The Hall–Kier alpha value is -3.22. The second-order valence-corrected chi connectivity index (χ2v) is 7.75. The van der Waals surface area contributed by atoms with Crippen LogP contribution in [-0.2, 0) is 16.1 Å². The Kier molecular flexibility index (Phi) is 5.29. The average molecular weight is 392 g/mol. The molecule has 29 heavy (non-hydrogen) atoms. The molecule has 0 radical (unpaired) electrons. The van der Waals surface area contributed by atoms with E-state index in [1.807, 2.05) is 31.2 Å². The van der Waals surface area contributed by atoms with Crippen LogP contribution in [0.3, 0.4) is 0 Å². The minimum absolute atomic E-state index is 0.0601. The van der Waals surface area contributed by atoms with E-state index >= 15 is 0 Å². The Balaban J connectivity index is 1.35. The van der Waals surface area contributed by atoms with Crippen LogP contribution in [0.25, 0.3) is 0 Å². The predicted molar refractivity (Wildman–Crippen MR) is 108 cm³/mol. The molecule has 1 unspecified atom stereocenters. The van der Waals surface area contributed by atoms with Gasteiger partial charge in [-0.1, -0.05) is 29.8 Å². The minimum Gasteiger partial charge on any atom is -0.340 e. The Morgan fingerprint density at radius 3 is 2.62 bits per heavy atom.